The number of carbonyl (C=O) groups is 1. The predicted molar refractivity (Wildman–Crippen MR) is 91.0 cm³/mol. The van der Waals surface area contributed by atoms with E-state index >= 15 is 0 Å². The molecule has 3 rings (SSSR count). The Hall–Kier alpha value is -1.18. The lowest BCUT2D eigenvalue weighted by atomic mass is 10.2. The van der Waals surface area contributed by atoms with E-state index in [2.05, 4.69) is 15.6 Å². The van der Waals surface area contributed by atoms with Gasteiger partial charge in [0, 0.05) is 29.1 Å². The van der Waals surface area contributed by atoms with Crippen molar-refractivity contribution in [2.24, 2.45) is 0 Å². The van der Waals surface area contributed by atoms with Gasteiger partial charge in [0.15, 0.2) is 5.13 Å². The van der Waals surface area contributed by atoms with Gasteiger partial charge in [-0.2, -0.15) is 0 Å². The van der Waals surface area contributed by atoms with Crippen LogP contribution in [0.5, 0.6) is 0 Å². The van der Waals surface area contributed by atoms with Crippen LogP contribution in [0.1, 0.15) is 0 Å². The number of amides is 1. The normalized spacial score (nSPS) is 17.6. The number of aromatic nitrogens is 1. The summed E-state index contributed by atoms with van der Waals surface area (Å²) in [5, 5.41) is 8.96. The van der Waals surface area contributed by atoms with Gasteiger partial charge >= 0.3 is 0 Å². The summed E-state index contributed by atoms with van der Waals surface area (Å²) < 4.78 is 5.40. The average molecular weight is 360 g/mol. The zero-order valence-corrected chi connectivity index (χ0v) is 13.9. The third kappa shape index (κ3) is 3.97. The zero-order valence-electron chi connectivity index (χ0n) is 11.5. The van der Waals surface area contributed by atoms with Gasteiger partial charge in [-0.1, -0.05) is 29.8 Å². The minimum absolute atomic E-state index is 0. The van der Waals surface area contributed by atoms with Crippen molar-refractivity contribution in [1.82, 2.24) is 10.3 Å². The molecular weight excluding hydrogens is 345 g/mol. The van der Waals surface area contributed by atoms with Gasteiger partial charge in [-0.25, -0.2) is 4.98 Å². The van der Waals surface area contributed by atoms with Gasteiger partial charge in [0.1, 0.15) is 6.10 Å². The molecule has 0 radical (unpaired) electrons. The lowest BCUT2D eigenvalue weighted by molar-refractivity contribution is -0.128. The van der Waals surface area contributed by atoms with Crippen LogP contribution in [0.2, 0.25) is 5.02 Å². The second-order valence-corrected chi connectivity index (χ2v) is 5.84. The second kappa shape index (κ2) is 7.89. The Bertz CT molecular complexity index is 645. The number of thiazole rings is 1. The van der Waals surface area contributed by atoms with Gasteiger partial charge in [-0.3, -0.25) is 10.1 Å². The molecule has 0 spiro atoms. The molecule has 2 N–H and O–H groups in total. The Morgan fingerprint density at radius 3 is 3.00 bits per heavy atom. The van der Waals surface area contributed by atoms with E-state index in [-0.39, 0.29) is 18.3 Å². The van der Waals surface area contributed by atoms with Crippen molar-refractivity contribution in [3.8, 4) is 11.3 Å². The summed E-state index contributed by atoms with van der Waals surface area (Å²) in [7, 11) is 0. The van der Waals surface area contributed by atoms with Crippen molar-refractivity contribution >= 4 is 46.4 Å². The number of hydrogen-bond acceptors (Lipinski definition) is 5. The highest BCUT2D eigenvalue weighted by molar-refractivity contribution is 7.14. The molecule has 2 heterocycles. The molecule has 8 heteroatoms. The molecular formula is C14H15Cl2N3O2S. The average Bonchev–Trinajstić information content (AvgIpc) is 2.97. The molecule has 0 aliphatic carbocycles. The first-order valence-corrected chi connectivity index (χ1v) is 7.83. The molecule has 1 unspecified atom stereocenters. The molecule has 22 heavy (non-hydrogen) atoms. The lowest BCUT2D eigenvalue weighted by Gasteiger charge is -2.22. The molecule has 2 aromatic rings. The number of nitrogens with one attached hydrogen (secondary N) is 2. The summed E-state index contributed by atoms with van der Waals surface area (Å²) >= 11 is 7.51. The number of halogens is 2. The molecule has 1 amide bonds. The van der Waals surface area contributed by atoms with Crippen molar-refractivity contribution in [3.63, 3.8) is 0 Å². The summed E-state index contributed by atoms with van der Waals surface area (Å²) in [6.07, 6.45) is -0.466. The Morgan fingerprint density at radius 2 is 2.27 bits per heavy atom. The van der Waals surface area contributed by atoms with Crippen molar-refractivity contribution in [1.29, 1.82) is 0 Å². The minimum atomic E-state index is -0.466. The van der Waals surface area contributed by atoms with Crippen LogP contribution >= 0.6 is 35.3 Å². The Kier molecular flexibility index (Phi) is 6.16. The van der Waals surface area contributed by atoms with Gasteiger partial charge in [0.05, 0.1) is 12.3 Å². The van der Waals surface area contributed by atoms with E-state index in [9.17, 15) is 4.79 Å². The maximum absolute atomic E-state index is 12.0. The van der Waals surface area contributed by atoms with Gasteiger partial charge in [-0.05, 0) is 6.07 Å². The van der Waals surface area contributed by atoms with Crippen molar-refractivity contribution in [2.45, 2.75) is 6.10 Å². The molecule has 5 nitrogen and oxygen atoms in total. The first-order chi connectivity index (χ1) is 10.2. The molecule has 0 bridgehead atoms. The number of rotatable bonds is 3. The number of carbonyl (C=O) groups excluding carboxylic acids is 1. The molecule has 1 aromatic carbocycles. The highest BCUT2D eigenvalue weighted by Gasteiger charge is 2.22. The first-order valence-electron chi connectivity index (χ1n) is 6.57. The van der Waals surface area contributed by atoms with Crippen LogP contribution in [-0.4, -0.2) is 36.7 Å². The number of hydrogen-bond donors (Lipinski definition) is 2. The molecule has 1 fully saturated rings. The van der Waals surface area contributed by atoms with Crippen molar-refractivity contribution < 1.29 is 9.53 Å². The number of morpholine rings is 1. The fourth-order valence-corrected chi connectivity index (χ4v) is 2.99. The van der Waals surface area contributed by atoms with Crippen LogP contribution in [0.3, 0.4) is 0 Å². The number of nitrogens with zero attached hydrogens (tertiary/aromatic N) is 1. The lowest BCUT2D eigenvalue weighted by Crippen LogP contribution is -2.45. The van der Waals surface area contributed by atoms with E-state index in [0.29, 0.717) is 23.3 Å². The molecule has 1 aliphatic heterocycles. The van der Waals surface area contributed by atoms with E-state index in [1.165, 1.54) is 11.3 Å². The van der Waals surface area contributed by atoms with Gasteiger partial charge in [0.2, 0.25) is 0 Å². The SMILES string of the molecule is Cl.O=C(Nc1nc(-c2ccccc2Cl)cs1)C1CNCCO1. The van der Waals surface area contributed by atoms with Crippen LogP contribution < -0.4 is 10.6 Å². The van der Waals surface area contributed by atoms with Crippen LogP contribution in [0.15, 0.2) is 29.6 Å². The second-order valence-electron chi connectivity index (χ2n) is 4.57. The Morgan fingerprint density at radius 1 is 1.45 bits per heavy atom. The highest BCUT2D eigenvalue weighted by atomic mass is 35.5. The third-order valence-corrected chi connectivity index (χ3v) is 4.19. The summed E-state index contributed by atoms with van der Waals surface area (Å²) in [4.78, 5) is 16.4. The van der Waals surface area contributed by atoms with Crippen LogP contribution in [0.25, 0.3) is 11.3 Å². The maximum atomic E-state index is 12.0. The zero-order chi connectivity index (χ0) is 14.7. The Labute approximate surface area is 143 Å². The predicted octanol–water partition coefficient (Wildman–Crippen LogP) is 2.81. The van der Waals surface area contributed by atoms with Gasteiger partial charge in [-0.15, -0.1) is 23.7 Å². The first kappa shape index (κ1) is 17.2. The van der Waals surface area contributed by atoms with Crippen molar-refractivity contribution in [3.05, 3.63) is 34.7 Å². The number of ether oxygens (including phenoxy) is 1. The van der Waals surface area contributed by atoms with E-state index < -0.39 is 6.10 Å². The fourth-order valence-electron chi connectivity index (χ4n) is 2.04. The van der Waals surface area contributed by atoms with Crippen molar-refractivity contribution in [2.75, 3.05) is 25.0 Å². The van der Waals surface area contributed by atoms with Crippen LogP contribution in [0.4, 0.5) is 5.13 Å². The summed E-state index contributed by atoms with van der Waals surface area (Å²) in [6, 6.07) is 7.49. The van der Waals surface area contributed by atoms with E-state index in [0.717, 1.165) is 17.8 Å². The third-order valence-electron chi connectivity index (χ3n) is 3.10. The van der Waals surface area contributed by atoms with E-state index in [4.69, 9.17) is 16.3 Å². The van der Waals surface area contributed by atoms with Gasteiger partial charge < -0.3 is 10.1 Å². The number of benzene rings is 1. The molecule has 1 aliphatic rings. The van der Waals surface area contributed by atoms with E-state index in [1.807, 2.05) is 29.6 Å². The van der Waals surface area contributed by atoms with Crippen LogP contribution in [-0.2, 0) is 9.53 Å². The highest BCUT2D eigenvalue weighted by Crippen LogP contribution is 2.30. The minimum Gasteiger partial charge on any atom is -0.366 e. The largest absolute Gasteiger partial charge is 0.366 e. The maximum Gasteiger partial charge on any atom is 0.256 e. The summed E-state index contributed by atoms with van der Waals surface area (Å²) in [5.41, 5.74) is 1.61. The summed E-state index contributed by atoms with van der Waals surface area (Å²) in [5.74, 6) is -0.178. The molecule has 1 atom stereocenters. The standard InChI is InChI=1S/C14H14ClN3O2S.ClH/c15-10-4-2-1-3-9(10)11-8-21-14(17-11)18-13(19)12-7-16-5-6-20-12;/h1-4,8,12,16H,5-7H2,(H,17,18,19);1H. The van der Waals surface area contributed by atoms with Crippen LogP contribution in [0, 0.1) is 0 Å². The van der Waals surface area contributed by atoms with E-state index in [1.54, 1.807) is 0 Å². The molecule has 1 saturated heterocycles. The fraction of sp³-hybridized carbons (Fsp3) is 0.286. The smallest absolute Gasteiger partial charge is 0.256 e. The summed E-state index contributed by atoms with van der Waals surface area (Å²) in [6.45, 7) is 1.84. The molecule has 1 aromatic heterocycles. The molecule has 0 saturated carbocycles. The quantitative estimate of drug-likeness (QED) is 0.884. The number of anilines is 1. The Balaban J connectivity index is 0.00000176. The molecule has 118 valence electrons. The monoisotopic (exact) mass is 359 g/mol. The topological polar surface area (TPSA) is 63.2 Å². The van der Waals surface area contributed by atoms with Gasteiger partial charge in [0.25, 0.3) is 5.91 Å².